The highest BCUT2D eigenvalue weighted by Gasteiger charge is 2.19. The predicted octanol–water partition coefficient (Wildman–Crippen LogP) is 22.5. The molecule has 0 rings (SSSR count). The van der Waals surface area contributed by atoms with Gasteiger partial charge in [0, 0.05) is 19.3 Å². The molecule has 0 N–H and O–H groups in total. The fourth-order valence-corrected chi connectivity index (χ4v) is 9.57. The van der Waals surface area contributed by atoms with Crippen molar-refractivity contribution < 1.29 is 28.6 Å². The second-order valence-electron chi connectivity index (χ2n) is 22.0. The Morgan fingerprint density at radius 3 is 0.803 bits per heavy atom. The lowest BCUT2D eigenvalue weighted by Crippen LogP contribution is -2.30. The Hall–Kier alpha value is -3.15. The summed E-state index contributed by atoms with van der Waals surface area (Å²) < 4.78 is 16.8. The summed E-state index contributed by atoms with van der Waals surface area (Å²) in [5, 5.41) is 0. The summed E-state index contributed by atoms with van der Waals surface area (Å²) in [7, 11) is 0. The van der Waals surface area contributed by atoms with Gasteiger partial charge in [-0.05, 0) is 70.6 Å². The van der Waals surface area contributed by atoms with Crippen molar-refractivity contribution in [1.82, 2.24) is 0 Å². The predicted molar refractivity (Wildman–Crippen MR) is 330 cm³/mol. The lowest BCUT2D eigenvalue weighted by Gasteiger charge is -2.18. The number of esters is 3. The molecule has 76 heavy (non-hydrogen) atoms. The number of hydrogen-bond donors (Lipinski definition) is 0. The normalized spacial score (nSPS) is 12.5. The minimum atomic E-state index is -0.774. The first kappa shape index (κ1) is 72.8. The fourth-order valence-electron chi connectivity index (χ4n) is 9.57. The molecule has 0 fully saturated rings. The third-order valence-corrected chi connectivity index (χ3v) is 14.5. The van der Waals surface area contributed by atoms with Crippen molar-refractivity contribution in [3.05, 3.63) is 72.9 Å². The Morgan fingerprint density at radius 2 is 0.513 bits per heavy atom. The van der Waals surface area contributed by atoms with Gasteiger partial charge in [-0.2, -0.15) is 0 Å². The Labute approximate surface area is 472 Å². The highest BCUT2D eigenvalue weighted by atomic mass is 16.6. The van der Waals surface area contributed by atoms with Gasteiger partial charge in [-0.25, -0.2) is 0 Å². The molecule has 0 amide bonds. The van der Waals surface area contributed by atoms with E-state index in [0.29, 0.717) is 19.3 Å². The smallest absolute Gasteiger partial charge is 0.306 e. The summed E-state index contributed by atoms with van der Waals surface area (Å²) in [5.41, 5.74) is 0. The molecule has 0 aliphatic rings. The van der Waals surface area contributed by atoms with Crippen molar-refractivity contribution in [3.63, 3.8) is 0 Å². The number of ether oxygens (including phenoxy) is 3. The molecule has 1 atom stereocenters. The van der Waals surface area contributed by atoms with Gasteiger partial charge < -0.3 is 14.2 Å². The van der Waals surface area contributed by atoms with Crippen molar-refractivity contribution in [3.8, 4) is 0 Å². The van der Waals surface area contributed by atoms with Crippen LogP contribution in [0, 0.1) is 0 Å². The first-order chi connectivity index (χ1) is 37.5. The quantitative estimate of drug-likeness (QED) is 0.0261. The number of carbonyl (C=O) groups is 3. The maximum atomic E-state index is 12.8. The van der Waals surface area contributed by atoms with Gasteiger partial charge in [-0.1, -0.05) is 318 Å². The van der Waals surface area contributed by atoms with Gasteiger partial charge in [0.25, 0.3) is 0 Å². The van der Waals surface area contributed by atoms with Crippen molar-refractivity contribution in [2.24, 2.45) is 0 Å². The topological polar surface area (TPSA) is 78.9 Å². The summed E-state index contributed by atoms with van der Waals surface area (Å²) in [6.07, 6.45) is 84.0. The van der Waals surface area contributed by atoms with E-state index in [0.717, 1.165) is 109 Å². The number of allylic oxidation sites excluding steroid dienone is 12. The molecule has 440 valence electrons. The number of carbonyl (C=O) groups excluding carboxylic acids is 3. The Bertz CT molecular complexity index is 1400. The lowest BCUT2D eigenvalue weighted by atomic mass is 10.0. The second-order valence-corrected chi connectivity index (χ2v) is 22.0. The number of rotatable bonds is 60. The van der Waals surface area contributed by atoms with Crippen LogP contribution in [-0.4, -0.2) is 37.2 Å². The monoisotopic (exact) mass is 1060 g/mol. The molecule has 0 aromatic carbocycles. The molecule has 0 radical (unpaired) electrons. The molecule has 0 heterocycles. The summed E-state index contributed by atoms with van der Waals surface area (Å²) in [6, 6.07) is 0. The zero-order valence-corrected chi connectivity index (χ0v) is 50.5. The van der Waals surface area contributed by atoms with E-state index < -0.39 is 6.10 Å². The Morgan fingerprint density at radius 1 is 0.276 bits per heavy atom. The number of hydrogen-bond acceptors (Lipinski definition) is 6. The van der Waals surface area contributed by atoms with Crippen LogP contribution in [0.1, 0.15) is 335 Å². The summed E-state index contributed by atoms with van der Waals surface area (Å²) in [5.74, 6) is -0.882. The fraction of sp³-hybridized carbons (Fsp3) is 0.786. The van der Waals surface area contributed by atoms with E-state index in [2.05, 4.69) is 93.7 Å². The van der Waals surface area contributed by atoms with Crippen LogP contribution in [0.5, 0.6) is 0 Å². The Balaban J connectivity index is 4.02. The molecule has 6 nitrogen and oxygen atoms in total. The van der Waals surface area contributed by atoms with Gasteiger partial charge in [-0.3, -0.25) is 14.4 Å². The van der Waals surface area contributed by atoms with Gasteiger partial charge in [0.05, 0.1) is 0 Å². The van der Waals surface area contributed by atoms with Crippen LogP contribution in [0.25, 0.3) is 0 Å². The molecule has 0 aliphatic carbocycles. The van der Waals surface area contributed by atoms with Crippen molar-refractivity contribution in [2.45, 2.75) is 341 Å². The molecule has 0 spiro atoms. The largest absolute Gasteiger partial charge is 0.462 e. The van der Waals surface area contributed by atoms with Crippen molar-refractivity contribution in [2.75, 3.05) is 13.2 Å². The first-order valence-electron chi connectivity index (χ1n) is 32.9. The van der Waals surface area contributed by atoms with Gasteiger partial charge >= 0.3 is 17.9 Å². The summed E-state index contributed by atoms with van der Waals surface area (Å²) >= 11 is 0. The number of unbranched alkanes of at least 4 members (excludes halogenated alkanes) is 37. The van der Waals surface area contributed by atoms with E-state index in [1.165, 1.54) is 186 Å². The van der Waals surface area contributed by atoms with Crippen LogP contribution in [0.2, 0.25) is 0 Å². The molecule has 0 saturated heterocycles. The molecule has 0 aliphatic heterocycles. The van der Waals surface area contributed by atoms with E-state index >= 15 is 0 Å². The van der Waals surface area contributed by atoms with Crippen molar-refractivity contribution >= 4 is 17.9 Å². The van der Waals surface area contributed by atoms with Crippen LogP contribution >= 0.6 is 0 Å². The highest BCUT2D eigenvalue weighted by Crippen LogP contribution is 2.18. The summed E-state index contributed by atoms with van der Waals surface area (Å²) in [4.78, 5) is 38.0. The maximum absolute atomic E-state index is 12.8. The second kappa shape index (κ2) is 64.4. The van der Waals surface area contributed by atoms with Gasteiger partial charge in [-0.15, -0.1) is 0 Å². The van der Waals surface area contributed by atoms with E-state index in [1.54, 1.807) is 0 Å². The molecular weight excluding hydrogens is 937 g/mol. The third-order valence-electron chi connectivity index (χ3n) is 14.5. The molecule has 0 aromatic heterocycles. The van der Waals surface area contributed by atoms with E-state index in [9.17, 15) is 14.4 Å². The Kier molecular flexibility index (Phi) is 61.7. The standard InChI is InChI=1S/C70H124O6/c1-4-7-10-13-15-17-19-21-23-25-27-29-31-33-35-37-38-40-42-44-46-48-50-52-54-57-60-63-69(72)75-66-67(65-74-68(71)62-59-56-12-9-6-3)76-70(73)64-61-58-55-53-51-49-47-45-43-41-39-36-34-32-30-28-26-24-22-20-18-16-14-11-8-5-2/h7,10,15,17,21,23,27,29,33,35,38,40,67H,4-6,8-9,11-14,16,18-20,22,24-26,28,30-32,34,36-37,39,41-66H2,1-3H3/b10-7-,17-15-,23-21-,29-27-,35-33-,40-38-. The summed E-state index contributed by atoms with van der Waals surface area (Å²) in [6.45, 7) is 6.48. The lowest BCUT2D eigenvalue weighted by molar-refractivity contribution is -0.167. The minimum Gasteiger partial charge on any atom is -0.462 e. The highest BCUT2D eigenvalue weighted by molar-refractivity contribution is 5.71. The average Bonchev–Trinajstić information content (AvgIpc) is 3.42. The van der Waals surface area contributed by atoms with E-state index in [1.807, 2.05) is 0 Å². The van der Waals surface area contributed by atoms with Crippen molar-refractivity contribution in [1.29, 1.82) is 0 Å². The van der Waals surface area contributed by atoms with Crippen LogP contribution in [0.4, 0.5) is 0 Å². The van der Waals surface area contributed by atoms with E-state index in [-0.39, 0.29) is 31.1 Å². The van der Waals surface area contributed by atoms with Crippen LogP contribution in [0.15, 0.2) is 72.9 Å². The molecule has 0 saturated carbocycles. The van der Waals surface area contributed by atoms with E-state index in [4.69, 9.17) is 14.2 Å². The van der Waals surface area contributed by atoms with Gasteiger partial charge in [0.1, 0.15) is 13.2 Å². The molecule has 0 aromatic rings. The average molecular weight is 1060 g/mol. The molecule has 0 bridgehead atoms. The molecular formula is C70H124O6. The third kappa shape index (κ3) is 61.7. The molecule has 6 heteroatoms. The first-order valence-corrected chi connectivity index (χ1v) is 32.9. The minimum absolute atomic E-state index is 0.0757. The van der Waals surface area contributed by atoms with Gasteiger partial charge in [0.2, 0.25) is 0 Å². The van der Waals surface area contributed by atoms with Crippen LogP contribution in [0.3, 0.4) is 0 Å². The molecule has 1 unspecified atom stereocenters. The van der Waals surface area contributed by atoms with Crippen LogP contribution < -0.4 is 0 Å². The SMILES string of the molecule is CC/C=C\C/C=C\C/C=C\C/C=C\C/C=C\C/C=C\CCCCCCCCCCC(=O)OCC(COC(=O)CCCCCCC)OC(=O)CCCCCCCCCCCCCCCCCCCCCCCCCCCC. The van der Waals surface area contributed by atoms with Gasteiger partial charge in [0.15, 0.2) is 6.10 Å². The zero-order valence-electron chi connectivity index (χ0n) is 50.5. The maximum Gasteiger partial charge on any atom is 0.306 e. The van der Waals surface area contributed by atoms with Crippen LogP contribution in [-0.2, 0) is 28.6 Å². The zero-order chi connectivity index (χ0) is 55.0.